The van der Waals surface area contributed by atoms with E-state index in [1.54, 1.807) is 48.5 Å². The SMILES string of the molecule is O=C(OCCCCc1ccc(C(=O)O)cc1)OCCCCc1ccc(C(=O)O)cc1. The number of rotatable bonds is 12. The lowest BCUT2D eigenvalue weighted by molar-refractivity contribution is 0.0531. The molecule has 0 heterocycles. The number of unbranched alkanes of at least 4 members (excludes halogenated alkanes) is 2. The van der Waals surface area contributed by atoms with Crippen LogP contribution in [0.1, 0.15) is 57.5 Å². The van der Waals surface area contributed by atoms with E-state index in [1.165, 1.54) is 0 Å². The summed E-state index contributed by atoms with van der Waals surface area (Å²) < 4.78 is 10.1. The second-order valence-electron chi connectivity index (χ2n) is 6.87. The standard InChI is InChI=1S/C23H26O7/c24-21(25)19-11-7-17(8-12-19)5-1-3-15-29-23(28)30-16-4-2-6-18-9-13-20(14-10-18)22(26)27/h7-14H,1-6,15-16H2,(H,24,25)(H,26,27). The van der Waals surface area contributed by atoms with Gasteiger partial charge in [-0.05, 0) is 73.9 Å². The molecule has 0 atom stereocenters. The van der Waals surface area contributed by atoms with Gasteiger partial charge in [0, 0.05) is 0 Å². The van der Waals surface area contributed by atoms with E-state index in [-0.39, 0.29) is 24.3 Å². The molecule has 0 unspecified atom stereocenters. The van der Waals surface area contributed by atoms with Crippen molar-refractivity contribution in [3.63, 3.8) is 0 Å². The average molecular weight is 414 g/mol. The molecule has 0 fully saturated rings. The maximum atomic E-state index is 11.6. The Morgan fingerprint density at radius 3 is 1.30 bits per heavy atom. The summed E-state index contributed by atoms with van der Waals surface area (Å²) in [4.78, 5) is 33.2. The van der Waals surface area contributed by atoms with E-state index in [9.17, 15) is 14.4 Å². The van der Waals surface area contributed by atoms with Crippen LogP contribution in [0.2, 0.25) is 0 Å². The molecule has 0 saturated carbocycles. The molecule has 0 aliphatic heterocycles. The fraction of sp³-hybridized carbons (Fsp3) is 0.348. The zero-order valence-electron chi connectivity index (χ0n) is 16.7. The predicted molar refractivity (Wildman–Crippen MR) is 110 cm³/mol. The molecule has 0 aliphatic rings. The Kier molecular flexibility index (Phi) is 9.37. The normalized spacial score (nSPS) is 10.4. The van der Waals surface area contributed by atoms with Crippen molar-refractivity contribution in [2.24, 2.45) is 0 Å². The molecule has 0 amide bonds. The number of hydrogen-bond donors (Lipinski definition) is 2. The van der Waals surface area contributed by atoms with Crippen LogP contribution in [0.4, 0.5) is 4.79 Å². The van der Waals surface area contributed by atoms with Gasteiger partial charge < -0.3 is 19.7 Å². The summed E-state index contributed by atoms with van der Waals surface area (Å²) in [5.41, 5.74) is 2.61. The van der Waals surface area contributed by atoms with Gasteiger partial charge in [-0.2, -0.15) is 0 Å². The van der Waals surface area contributed by atoms with Gasteiger partial charge in [-0.15, -0.1) is 0 Å². The van der Waals surface area contributed by atoms with Crippen LogP contribution in [0.5, 0.6) is 0 Å². The van der Waals surface area contributed by atoms with E-state index in [4.69, 9.17) is 19.7 Å². The molecule has 0 radical (unpaired) electrons. The van der Waals surface area contributed by atoms with E-state index >= 15 is 0 Å². The zero-order valence-corrected chi connectivity index (χ0v) is 16.7. The Labute approximate surface area is 175 Å². The van der Waals surface area contributed by atoms with Crippen LogP contribution < -0.4 is 0 Å². The summed E-state index contributed by atoms with van der Waals surface area (Å²) in [5, 5.41) is 17.7. The monoisotopic (exact) mass is 414 g/mol. The molecule has 7 nitrogen and oxygen atoms in total. The highest BCUT2D eigenvalue weighted by Gasteiger charge is 2.05. The van der Waals surface area contributed by atoms with E-state index in [0.29, 0.717) is 12.8 Å². The van der Waals surface area contributed by atoms with Crippen molar-refractivity contribution in [3.8, 4) is 0 Å². The number of aryl methyl sites for hydroxylation is 2. The smallest absolute Gasteiger partial charge is 0.478 e. The summed E-state index contributed by atoms with van der Waals surface area (Å²) in [6.45, 7) is 0.559. The lowest BCUT2D eigenvalue weighted by Gasteiger charge is -2.07. The molecular formula is C23H26O7. The summed E-state index contributed by atoms with van der Waals surface area (Å²) in [6, 6.07) is 13.5. The molecule has 0 saturated heterocycles. The quantitative estimate of drug-likeness (QED) is 0.386. The molecule has 2 rings (SSSR count). The average Bonchev–Trinajstić information content (AvgIpc) is 2.74. The van der Waals surface area contributed by atoms with Gasteiger partial charge in [-0.1, -0.05) is 24.3 Å². The minimum absolute atomic E-state index is 0.265. The van der Waals surface area contributed by atoms with Crippen molar-refractivity contribution >= 4 is 18.1 Å². The number of hydrogen-bond acceptors (Lipinski definition) is 5. The van der Waals surface area contributed by atoms with Gasteiger partial charge in [0.25, 0.3) is 0 Å². The molecule has 2 aromatic carbocycles. The third-order valence-electron chi connectivity index (χ3n) is 4.56. The van der Waals surface area contributed by atoms with Crippen LogP contribution in [-0.4, -0.2) is 41.5 Å². The van der Waals surface area contributed by atoms with Gasteiger partial charge >= 0.3 is 18.1 Å². The van der Waals surface area contributed by atoms with Gasteiger partial charge in [-0.25, -0.2) is 14.4 Å². The first kappa shape index (κ1) is 22.9. The first-order valence-electron chi connectivity index (χ1n) is 9.90. The van der Waals surface area contributed by atoms with Crippen LogP contribution in [0.3, 0.4) is 0 Å². The zero-order chi connectivity index (χ0) is 21.8. The minimum atomic E-state index is -0.942. The topological polar surface area (TPSA) is 110 Å². The molecule has 160 valence electrons. The van der Waals surface area contributed by atoms with Gasteiger partial charge in [-0.3, -0.25) is 0 Å². The predicted octanol–water partition coefficient (Wildman–Crippen LogP) is 4.58. The Balaban J connectivity index is 1.49. The summed E-state index contributed by atoms with van der Waals surface area (Å²) in [7, 11) is 0. The van der Waals surface area contributed by atoms with Gasteiger partial charge in [0.05, 0.1) is 24.3 Å². The lowest BCUT2D eigenvalue weighted by Crippen LogP contribution is -2.09. The van der Waals surface area contributed by atoms with Crippen molar-refractivity contribution in [2.75, 3.05) is 13.2 Å². The number of carboxylic acid groups (broad SMARTS) is 2. The third kappa shape index (κ3) is 8.34. The number of ether oxygens (including phenoxy) is 2. The van der Waals surface area contributed by atoms with Crippen LogP contribution in [0.25, 0.3) is 0 Å². The van der Waals surface area contributed by atoms with Crippen LogP contribution in [0, 0.1) is 0 Å². The highest BCUT2D eigenvalue weighted by molar-refractivity contribution is 5.87. The molecule has 2 N–H and O–H groups in total. The molecule has 0 bridgehead atoms. The fourth-order valence-electron chi connectivity index (χ4n) is 2.84. The molecule has 0 aromatic heterocycles. The van der Waals surface area contributed by atoms with Crippen molar-refractivity contribution in [1.29, 1.82) is 0 Å². The molecule has 2 aromatic rings. The van der Waals surface area contributed by atoms with Gasteiger partial charge in [0.15, 0.2) is 0 Å². The molecule has 0 spiro atoms. The summed E-state index contributed by atoms with van der Waals surface area (Å²) in [6.07, 6.45) is 3.93. The van der Waals surface area contributed by atoms with Crippen LogP contribution >= 0.6 is 0 Å². The Morgan fingerprint density at radius 2 is 0.967 bits per heavy atom. The lowest BCUT2D eigenvalue weighted by atomic mass is 10.1. The fourth-order valence-corrected chi connectivity index (χ4v) is 2.84. The van der Waals surface area contributed by atoms with Crippen LogP contribution in [0.15, 0.2) is 48.5 Å². The van der Waals surface area contributed by atoms with Crippen LogP contribution in [-0.2, 0) is 22.3 Å². The maximum absolute atomic E-state index is 11.6. The summed E-state index contributed by atoms with van der Waals surface area (Å²) >= 11 is 0. The Bertz CT molecular complexity index is 756. The third-order valence-corrected chi connectivity index (χ3v) is 4.56. The van der Waals surface area contributed by atoms with E-state index < -0.39 is 18.1 Å². The molecule has 7 heteroatoms. The first-order valence-corrected chi connectivity index (χ1v) is 9.90. The van der Waals surface area contributed by atoms with Crippen molar-refractivity contribution in [3.05, 3.63) is 70.8 Å². The minimum Gasteiger partial charge on any atom is -0.478 e. The van der Waals surface area contributed by atoms with Crippen molar-refractivity contribution in [2.45, 2.75) is 38.5 Å². The Hall–Kier alpha value is -3.35. The van der Waals surface area contributed by atoms with Crippen molar-refractivity contribution in [1.82, 2.24) is 0 Å². The highest BCUT2D eigenvalue weighted by Crippen LogP contribution is 2.10. The highest BCUT2D eigenvalue weighted by atomic mass is 16.7. The van der Waals surface area contributed by atoms with Gasteiger partial charge in [0.1, 0.15) is 0 Å². The molecular weight excluding hydrogens is 388 g/mol. The number of carbonyl (C=O) groups is 3. The maximum Gasteiger partial charge on any atom is 0.508 e. The molecule has 0 aliphatic carbocycles. The summed E-state index contributed by atoms with van der Waals surface area (Å²) in [5.74, 6) is -1.88. The largest absolute Gasteiger partial charge is 0.508 e. The number of carboxylic acids is 2. The Morgan fingerprint density at radius 1 is 0.600 bits per heavy atom. The first-order chi connectivity index (χ1) is 14.5. The van der Waals surface area contributed by atoms with E-state index in [2.05, 4.69) is 0 Å². The number of aromatic carboxylic acids is 2. The second kappa shape index (κ2) is 12.3. The number of benzene rings is 2. The van der Waals surface area contributed by atoms with Gasteiger partial charge in [0.2, 0.25) is 0 Å². The van der Waals surface area contributed by atoms with E-state index in [1.807, 2.05) is 0 Å². The molecule has 30 heavy (non-hydrogen) atoms. The second-order valence-corrected chi connectivity index (χ2v) is 6.87. The number of carbonyl (C=O) groups excluding carboxylic acids is 1. The van der Waals surface area contributed by atoms with Crippen molar-refractivity contribution < 1.29 is 34.1 Å². The van der Waals surface area contributed by atoms with E-state index in [0.717, 1.165) is 36.8 Å².